The summed E-state index contributed by atoms with van der Waals surface area (Å²) >= 11 is 0. The van der Waals surface area contributed by atoms with Crippen LogP contribution in [-0.2, 0) is 4.79 Å². The maximum atomic E-state index is 12.1. The number of hydrogen-bond donors (Lipinski definition) is 3. The molecule has 0 atom stereocenters. The largest absolute Gasteiger partial charge is 0.481 e. The standard InChI is InChI=1S/C13H22N2O4/c16-8-7-15(10-3-1-4-10)12(19)14-9-13(11(17)18)5-2-6-13/h10,16H,1-9H2,(H,14,19)(H,17,18). The average molecular weight is 270 g/mol. The molecule has 2 saturated carbocycles. The lowest BCUT2D eigenvalue weighted by molar-refractivity contribution is -0.153. The van der Waals surface area contributed by atoms with Crippen molar-refractivity contribution in [3.63, 3.8) is 0 Å². The number of urea groups is 1. The molecule has 19 heavy (non-hydrogen) atoms. The van der Waals surface area contributed by atoms with E-state index in [9.17, 15) is 14.7 Å². The molecule has 2 fully saturated rings. The van der Waals surface area contributed by atoms with Gasteiger partial charge in [-0.3, -0.25) is 4.79 Å². The highest BCUT2D eigenvalue weighted by Gasteiger charge is 2.44. The normalized spacial score (nSPS) is 21.1. The van der Waals surface area contributed by atoms with E-state index in [1.807, 2.05) is 0 Å². The number of nitrogens with zero attached hydrogens (tertiary/aromatic N) is 1. The summed E-state index contributed by atoms with van der Waals surface area (Å²) < 4.78 is 0. The lowest BCUT2D eigenvalue weighted by atomic mass is 9.69. The van der Waals surface area contributed by atoms with E-state index in [-0.39, 0.29) is 25.2 Å². The SMILES string of the molecule is O=C(NCC1(C(=O)O)CCC1)N(CCO)C1CCC1. The van der Waals surface area contributed by atoms with Gasteiger partial charge in [0.05, 0.1) is 12.0 Å². The van der Waals surface area contributed by atoms with E-state index in [1.54, 1.807) is 4.90 Å². The zero-order valence-corrected chi connectivity index (χ0v) is 11.1. The fraction of sp³-hybridized carbons (Fsp3) is 0.846. The molecular weight excluding hydrogens is 248 g/mol. The first kappa shape index (κ1) is 14.1. The maximum absolute atomic E-state index is 12.1. The number of aliphatic hydroxyl groups excluding tert-OH is 1. The zero-order chi connectivity index (χ0) is 13.9. The van der Waals surface area contributed by atoms with Crippen molar-refractivity contribution in [2.24, 2.45) is 5.41 Å². The van der Waals surface area contributed by atoms with Crippen LogP contribution in [0.25, 0.3) is 0 Å². The Morgan fingerprint density at radius 2 is 1.95 bits per heavy atom. The first-order chi connectivity index (χ1) is 9.09. The number of rotatable bonds is 6. The molecule has 0 heterocycles. The molecule has 2 rings (SSSR count). The van der Waals surface area contributed by atoms with Crippen molar-refractivity contribution in [2.75, 3.05) is 19.7 Å². The number of carboxylic acid groups (broad SMARTS) is 1. The van der Waals surface area contributed by atoms with E-state index in [1.165, 1.54) is 0 Å². The number of nitrogens with one attached hydrogen (secondary N) is 1. The first-order valence-electron chi connectivity index (χ1n) is 6.98. The molecular formula is C13H22N2O4. The highest BCUT2D eigenvalue weighted by atomic mass is 16.4. The minimum atomic E-state index is -0.823. The second kappa shape index (κ2) is 5.77. The summed E-state index contributed by atoms with van der Waals surface area (Å²) in [6.07, 6.45) is 5.22. The summed E-state index contributed by atoms with van der Waals surface area (Å²) in [5.74, 6) is -0.823. The lowest BCUT2D eigenvalue weighted by Gasteiger charge is -2.40. The van der Waals surface area contributed by atoms with Crippen molar-refractivity contribution in [1.82, 2.24) is 10.2 Å². The summed E-state index contributed by atoms with van der Waals surface area (Å²) in [5, 5.41) is 20.9. The lowest BCUT2D eigenvalue weighted by Crippen LogP contribution is -2.54. The second-order valence-corrected chi connectivity index (χ2v) is 5.60. The molecule has 0 bridgehead atoms. The van der Waals surface area contributed by atoms with Gasteiger partial charge in [-0.25, -0.2) is 4.79 Å². The predicted octanol–water partition coefficient (Wildman–Crippen LogP) is 0.798. The molecule has 6 heteroatoms. The molecule has 108 valence electrons. The zero-order valence-electron chi connectivity index (χ0n) is 11.1. The third kappa shape index (κ3) is 2.83. The van der Waals surface area contributed by atoms with Gasteiger partial charge in [0, 0.05) is 19.1 Å². The summed E-state index contributed by atoms with van der Waals surface area (Å²) in [5.41, 5.74) is -0.764. The second-order valence-electron chi connectivity index (χ2n) is 5.60. The van der Waals surface area contributed by atoms with Crippen LogP contribution in [0.4, 0.5) is 4.79 Å². The Hall–Kier alpha value is -1.30. The number of carbonyl (C=O) groups is 2. The minimum Gasteiger partial charge on any atom is -0.481 e. The van der Waals surface area contributed by atoms with E-state index in [0.717, 1.165) is 25.7 Å². The third-order valence-corrected chi connectivity index (χ3v) is 4.46. The van der Waals surface area contributed by atoms with Crippen LogP contribution in [0.2, 0.25) is 0 Å². The van der Waals surface area contributed by atoms with E-state index in [4.69, 9.17) is 5.11 Å². The van der Waals surface area contributed by atoms with Crippen molar-refractivity contribution >= 4 is 12.0 Å². The van der Waals surface area contributed by atoms with Crippen LogP contribution in [0.15, 0.2) is 0 Å². The van der Waals surface area contributed by atoms with Gasteiger partial charge in [0.25, 0.3) is 0 Å². The monoisotopic (exact) mass is 270 g/mol. The van der Waals surface area contributed by atoms with E-state index < -0.39 is 11.4 Å². The van der Waals surface area contributed by atoms with Crippen LogP contribution in [0.5, 0.6) is 0 Å². The first-order valence-corrected chi connectivity index (χ1v) is 6.98. The van der Waals surface area contributed by atoms with Gasteiger partial charge in [0.1, 0.15) is 0 Å². The molecule has 0 aromatic carbocycles. The number of aliphatic hydroxyl groups is 1. The number of carbonyl (C=O) groups excluding carboxylic acids is 1. The van der Waals surface area contributed by atoms with Crippen molar-refractivity contribution < 1.29 is 19.8 Å². The van der Waals surface area contributed by atoms with Crippen LogP contribution >= 0.6 is 0 Å². The van der Waals surface area contributed by atoms with Crippen molar-refractivity contribution in [3.05, 3.63) is 0 Å². The maximum Gasteiger partial charge on any atom is 0.317 e. The Kier molecular flexibility index (Phi) is 4.29. The predicted molar refractivity (Wildman–Crippen MR) is 68.7 cm³/mol. The molecule has 0 saturated heterocycles. The molecule has 0 radical (unpaired) electrons. The molecule has 6 nitrogen and oxygen atoms in total. The third-order valence-electron chi connectivity index (χ3n) is 4.46. The Morgan fingerprint density at radius 1 is 1.26 bits per heavy atom. The van der Waals surface area contributed by atoms with Crippen molar-refractivity contribution in [3.8, 4) is 0 Å². The van der Waals surface area contributed by atoms with Gasteiger partial charge in [0.2, 0.25) is 0 Å². The molecule has 0 spiro atoms. The molecule has 2 aliphatic rings. The Labute approximate surface area is 112 Å². The Bertz CT molecular complexity index is 351. The van der Waals surface area contributed by atoms with Gasteiger partial charge >= 0.3 is 12.0 Å². The van der Waals surface area contributed by atoms with E-state index in [2.05, 4.69) is 5.32 Å². The minimum absolute atomic E-state index is 0.0615. The molecule has 0 aromatic heterocycles. The van der Waals surface area contributed by atoms with Crippen molar-refractivity contribution in [2.45, 2.75) is 44.6 Å². The number of carboxylic acids is 1. The summed E-state index contributed by atoms with van der Waals surface area (Å²) in [6, 6.07) is -0.0411. The summed E-state index contributed by atoms with van der Waals surface area (Å²) in [4.78, 5) is 24.9. The quantitative estimate of drug-likeness (QED) is 0.666. The highest BCUT2D eigenvalue weighted by molar-refractivity contribution is 5.79. The smallest absolute Gasteiger partial charge is 0.317 e. The fourth-order valence-corrected chi connectivity index (χ4v) is 2.67. The topological polar surface area (TPSA) is 89.9 Å². The number of amides is 2. The summed E-state index contributed by atoms with van der Waals surface area (Å²) in [7, 11) is 0. The molecule has 0 aliphatic heterocycles. The van der Waals surface area contributed by atoms with Crippen LogP contribution in [0, 0.1) is 5.41 Å². The number of aliphatic carboxylic acids is 1. The molecule has 2 amide bonds. The molecule has 0 unspecified atom stereocenters. The number of hydrogen-bond acceptors (Lipinski definition) is 3. The summed E-state index contributed by atoms with van der Waals surface area (Å²) in [6.45, 7) is 0.445. The Morgan fingerprint density at radius 3 is 2.32 bits per heavy atom. The highest BCUT2D eigenvalue weighted by Crippen LogP contribution is 2.40. The molecule has 2 aliphatic carbocycles. The van der Waals surface area contributed by atoms with Gasteiger partial charge in [-0.2, -0.15) is 0 Å². The van der Waals surface area contributed by atoms with Crippen LogP contribution < -0.4 is 5.32 Å². The van der Waals surface area contributed by atoms with Crippen LogP contribution in [-0.4, -0.2) is 52.9 Å². The average Bonchev–Trinajstić information content (AvgIpc) is 2.23. The van der Waals surface area contributed by atoms with Crippen molar-refractivity contribution in [1.29, 1.82) is 0 Å². The van der Waals surface area contributed by atoms with Gasteiger partial charge < -0.3 is 20.4 Å². The van der Waals surface area contributed by atoms with Gasteiger partial charge in [-0.15, -0.1) is 0 Å². The van der Waals surface area contributed by atoms with E-state index >= 15 is 0 Å². The molecule has 3 N–H and O–H groups in total. The fourth-order valence-electron chi connectivity index (χ4n) is 2.67. The Balaban J connectivity index is 1.86. The van der Waals surface area contributed by atoms with E-state index in [0.29, 0.717) is 19.4 Å². The van der Waals surface area contributed by atoms with Crippen LogP contribution in [0.3, 0.4) is 0 Å². The molecule has 0 aromatic rings. The van der Waals surface area contributed by atoms with Gasteiger partial charge in [0.15, 0.2) is 0 Å². The van der Waals surface area contributed by atoms with Gasteiger partial charge in [-0.05, 0) is 32.1 Å². The van der Waals surface area contributed by atoms with Crippen LogP contribution in [0.1, 0.15) is 38.5 Å². The van der Waals surface area contributed by atoms with Gasteiger partial charge in [-0.1, -0.05) is 6.42 Å².